The Morgan fingerprint density at radius 2 is 1.88 bits per heavy atom. The predicted molar refractivity (Wildman–Crippen MR) is 57.7 cm³/mol. The van der Waals surface area contributed by atoms with Gasteiger partial charge < -0.3 is 20.1 Å². The van der Waals surface area contributed by atoms with E-state index in [1.807, 2.05) is 0 Å². The smallest absolute Gasteiger partial charge is 0.363 e. The van der Waals surface area contributed by atoms with Gasteiger partial charge in [0, 0.05) is 10.0 Å². The fourth-order valence-electron chi connectivity index (χ4n) is 1.69. The molecule has 0 bridgehead atoms. The van der Waals surface area contributed by atoms with Crippen molar-refractivity contribution in [3.8, 4) is 5.75 Å². The minimum atomic E-state index is -2.68. The Kier molecular flexibility index (Phi) is 2.59. The molecule has 1 aliphatic heterocycles. The second kappa shape index (κ2) is 3.71. The van der Waals surface area contributed by atoms with E-state index in [1.165, 1.54) is 12.1 Å². The van der Waals surface area contributed by atoms with E-state index in [0.717, 1.165) is 0 Å². The maximum atomic E-state index is 11.1. The molecule has 0 aliphatic carbocycles. The lowest BCUT2D eigenvalue weighted by molar-refractivity contribution is -0.180. The number of rotatable bonds is 2. The van der Waals surface area contributed by atoms with Crippen LogP contribution in [0, 0.1) is 0 Å². The van der Waals surface area contributed by atoms with Crippen LogP contribution in [0.15, 0.2) is 22.7 Å². The Morgan fingerprint density at radius 1 is 1.29 bits per heavy atom. The largest absolute Gasteiger partial charge is 0.478 e. The number of ether oxygens (including phenoxy) is 1. The third-order valence-corrected chi connectivity index (χ3v) is 3.05. The minimum Gasteiger partial charge on any atom is -0.478 e. The summed E-state index contributed by atoms with van der Waals surface area (Å²) in [7, 11) is 0. The van der Waals surface area contributed by atoms with E-state index in [1.54, 1.807) is 6.07 Å². The summed E-state index contributed by atoms with van der Waals surface area (Å²) in [5.41, 5.74) is -2.55. The number of benzene rings is 1. The van der Waals surface area contributed by atoms with Crippen molar-refractivity contribution in [3.05, 3.63) is 28.2 Å². The molecule has 0 radical (unpaired) electrons. The fraction of sp³-hybridized carbons (Fsp3) is 0.200. The van der Waals surface area contributed by atoms with Crippen molar-refractivity contribution >= 4 is 27.9 Å². The van der Waals surface area contributed by atoms with Crippen LogP contribution in [0.4, 0.5) is 0 Å². The molecule has 90 valence electrons. The minimum absolute atomic E-state index is 0.0468. The Labute approximate surface area is 104 Å². The summed E-state index contributed by atoms with van der Waals surface area (Å²) in [5, 5.41) is 27.8. The van der Waals surface area contributed by atoms with Gasteiger partial charge in [-0.05, 0) is 18.2 Å². The summed E-state index contributed by atoms with van der Waals surface area (Å²) in [4.78, 5) is 22.1. The van der Waals surface area contributed by atoms with Crippen LogP contribution in [0.3, 0.4) is 0 Å². The Morgan fingerprint density at radius 3 is 2.41 bits per heavy atom. The molecule has 0 fully saturated rings. The van der Waals surface area contributed by atoms with E-state index < -0.39 is 23.6 Å². The maximum absolute atomic E-state index is 11.1. The summed E-state index contributed by atoms with van der Waals surface area (Å²) in [6, 6.07) is 4.38. The summed E-state index contributed by atoms with van der Waals surface area (Å²) in [5.74, 6) is -3.44. The number of aliphatic hydroxyl groups excluding tert-OH is 1. The van der Waals surface area contributed by atoms with E-state index in [4.69, 9.17) is 14.9 Å². The molecule has 1 aliphatic rings. The average molecular weight is 303 g/mol. The van der Waals surface area contributed by atoms with Crippen molar-refractivity contribution in [1.82, 2.24) is 0 Å². The van der Waals surface area contributed by atoms with Gasteiger partial charge in [-0.25, -0.2) is 9.59 Å². The number of fused-ring (bicyclic) bond motifs is 1. The predicted octanol–water partition coefficient (Wildman–Crippen LogP) is 0.783. The molecule has 17 heavy (non-hydrogen) atoms. The Bertz CT molecular complexity index is 498. The molecular formula is C10H7BrO6. The molecule has 1 atom stereocenters. The normalized spacial score (nSPS) is 20.5. The number of aliphatic carboxylic acids is 2. The van der Waals surface area contributed by atoms with E-state index in [-0.39, 0.29) is 11.3 Å². The zero-order valence-electron chi connectivity index (χ0n) is 8.25. The highest BCUT2D eigenvalue weighted by molar-refractivity contribution is 9.10. The summed E-state index contributed by atoms with van der Waals surface area (Å²) in [6.45, 7) is 0. The van der Waals surface area contributed by atoms with Crippen molar-refractivity contribution in [2.75, 3.05) is 0 Å². The molecule has 1 unspecified atom stereocenters. The van der Waals surface area contributed by atoms with Crippen molar-refractivity contribution in [1.29, 1.82) is 0 Å². The number of carboxylic acid groups (broad SMARTS) is 2. The van der Waals surface area contributed by atoms with E-state index in [0.29, 0.717) is 4.47 Å². The number of carboxylic acids is 2. The van der Waals surface area contributed by atoms with Crippen LogP contribution in [0.5, 0.6) is 5.75 Å². The van der Waals surface area contributed by atoms with Crippen molar-refractivity contribution in [3.63, 3.8) is 0 Å². The van der Waals surface area contributed by atoms with Crippen LogP contribution in [0.1, 0.15) is 11.7 Å². The topological polar surface area (TPSA) is 104 Å². The molecule has 0 aromatic heterocycles. The maximum Gasteiger partial charge on any atom is 0.363 e. The molecular weight excluding hydrogens is 296 g/mol. The zero-order chi connectivity index (χ0) is 12.8. The third kappa shape index (κ3) is 1.50. The van der Waals surface area contributed by atoms with Crippen LogP contribution in [-0.2, 0) is 9.59 Å². The second-order valence-corrected chi connectivity index (χ2v) is 4.45. The monoisotopic (exact) mass is 302 g/mol. The number of aliphatic hydroxyl groups is 1. The molecule has 0 amide bonds. The molecule has 1 aromatic rings. The first-order valence-corrected chi connectivity index (χ1v) is 5.32. The molecule has 0 saturated heterocycles. The Balaban J connectivity index is 2.59. The van der Waals surface area contributed by atoms with Crippen molar-refractivity contribution in [2.24, 2.45) is 0 Å². The third-order valence-electron chi connectivity index (χ3n) is 2.56. The molecule has 6 nitrogen and oxygen atoms in total. The molecule has 1 heterocycles. The quantitative estimate of drug-likeness (QED) is 0.698. The number of halogens is 1. The van der Waals surface area contributed by atoms with Gasteiger partial charge in [0.1, 0.15) is 11.9 Å². The van der Waals surface area contributed by atoms with Crippen LogP contribution in [-0.4, -0.2) is 32.9 Å². The van der Waals surface area contributed by atoms with Gasteiger partial charge >= 0.3 is 17.5 Å². The lowest BCUT2D eigenvalue weighted by Gasteiger charge is -2.22. The standard InChI is InChI=1S/C10H7BrO6/c11-4-1-2-6-5(3-4)7(12)10(17-6,8(13)14)9(15)16/h1-3,7,12H,(H,13,14)(H,15,16). The lowest BCUT2D eigenvalue weighted by atomic mass is 9.94. The molecule has 1 aromatic carbocycles. The first-order chi connectivity index (χ1) is 7.89. The van der Waals surface area contributed by atoms with Gasteiger partial charge in [-0.2, -0.15) is 0 Å². The van der Waals surface area contributed by atoms with Crippen LogP contribution in [0.2, 0.25) is 0 Å². The molecule has 3 N–H and O–H groups in total. The first kappa shape index (κ1) is 11.9. The van der Waals surface area contributed by atoms with Gasteiger partial charge in [-0.3, -0.25) is 0 Å². The zero-order valence-corrected chi connectivity index (χ0v) is 9.84. The lowest BCUT2D eigenvalue weighted by Crippen LogP contribution is -2.53. The molecule has 0 spiro atoms. The van der Waals surface area contributed by atoms with Gasteiger partial charge in [0.25, 0.3) is 0 Å². The first-order valence-electron chi connectivity index (χ1n) is 4.53. The number of hydrogen-bond acceptors (Lipinski definition) is 4. The number of hydrogen-bond donors (Lipinski definition) is 3. The average Bonchev–Trinajstić information content (AvgIpc) is 2.53. The van der Waals surface area contributed by atoms with Crippen molar-refractivity contribution < 1.29 is 29.6 Å². The Hall–Kier alpha value is -1.60. The van der Waals surface area contributed by atoms with Gasteiger partial charge in [-0.1, -0.05) is 15.9 Å². The molecule has 7 heteroatoms. The van der Waals surface area contributed by atoms with Gasteiger partial charge in [0.15, 0.2) is 0 Å². The highest BCUT2D eigenvalue weighted by atomic mass is 79.9. The summed E-state index contributed by atoms with van der Waals surface area (Å²) < 4.78 is 5.50. The van der Waals surface area contributed by atoms with Gasteiger partial charge in [-0.15, -0.1) is 0 Å². The van der Waals surface area contributed by atoms with Crippen LogP contribution in [0.25, 0.3) is 0 Å². The van der Waals surface area contributed by atoms with Gasteiger partial charge in [0.2, 0.25) is 0 Å². The van der Waals surface area contributed by atoms with E-state index in [9.17, 15) is 14.7 Å². The van der Waals surface area contributed by atoms with E-state index >= 15 is 0 Å². The second-order valence-electron chi connectivity index (χ2n) is 3.53. The number of carbonyl (C=O) groups is 2. The highest BCUT2D eigenvalue weighted by Crippen LogP contribution is 2.44. The van der Waals surface area contributed by atoms with E-state index in [2.05, 4.69) is 15.9 Å². The van der Waals surface area contributed by atoms with Gasteiger partial charge in [0.05, 0.1) is 0 Å². The summed E-state index contributed by atoms with van der Waals surface area (Å²) >= 11 is 3.14. The van der Waals surface area contributed by atoms with Crippen molar-refractivity contribution in [2.45, 2.75) is 11.7 Å². The van der Waals surface area contributed by atoms with Crippen LogP contribution < -0.4 is 4.74 Å². The summed E-state index contributed by atoms with van der Waals surface area (Å²) in [6.07, 6.45) is -1.76. The molecule has 0 saturated carbocycles. The highest BCUT2D eigenvalue weighted by Gasteiger charge is 2.61. The molecule has 2 rings (SSSR count). The SMILES string of the molecule is O=C(O)C1(C(=O)O)Oc2ccc(Br)cc2C1O. The fourth-order valence-corrected chi connectivity index (χ4v) is 2.07. The van der Waals surface area contributed by atoms with Crippen LogP contribution >= 0.6 is 15.9 Å².